The van der Waals surface area contributed by atoms with E-state index in [2.05, 4.69) is 19.9 Å². The zero-order chi connectivity index (χ0) is 25.1. The van der Waals surface area contributed by atoms with Crippen LogP contribution in [-0.4, -0.2) is 28.2 Å². The molecule has 5 rings (SSSR count). The first-order chi connectivity index (χ1) is 17.4. The normalized spacial score (nSPS) is 11.3. The lowest BCUT2D eigenvalue weighted by atomic mass is 10.1. The molecule has 9 heteroatoms. The van der Waals surface area contributed by atoms with Crippen LogP contribution in [0.3, 0.4) is 0 Å². The predicted molar refractivity (Wildman–Crippen MR) is 138 cm³/mol. The van der Waals surface area contributed by atoms with E-state index in [0.717, 1.165) is 22.5 Å². The molecule has 0 unspecified atom stereocenters. The average molecular weight is 498 g/mol. The first kappa shape index (κ1) is 23.3. The van der Waals surface area contributed by atoms with Crippen LogP contribution in [0.2, 0.25) is 0 Å². The molecule has 0 spiro atoms. The molecule has 2 heterocycles. The highest BCUT2D eigenvalue weighted by atomic mass is 32.2. The molecule has 3 aromatic carbocycles. The van der Waals surface area contributed by atoms with Crippen LogP contribution in [0.15, 0.2) is 102 Å². The zero-order valence-electron chi connectivity index (χ0n) is 19.7. The van der Waals surface area contributed by atoms with E-state index in [0.29, 0.717) is 23.1 Å². The van der Waals surface area contributed by atoms with Crippen molar-refractivity contribution in [2.45, 2.75) is 18.7 Å². The molecule has 0 saturated carbocycles. The van der Waals surface area contributed by atoms with Gasteiger partial charge in [0.2, 0.25) is 5.88 Å². The standard InChI is InChI=1S/C27H23N5O3S/c1-19-20(2)32(18-28-19)26-16-17-27(30-29-26)35-24-12-10-23(11-13-24)31-36(33,34)25-14-8-22(9-15-25)21-6-4-3-5-7-21/h3-18,31H,1-2H3. The largest absolute Gasteiger partial charge is 0.438 e. The summed E-state index contributed by atoms with van der Waals surface area (Å²) in [5.41, 5.74) is 4.31. The summed E-state index contributed by atoms with van der Waals surface area (Å²) in [6, 6.07) is 26.7. The lowest BCUT2D eigenvalue weighted by Gasteiger charge is -2.10. The Morgan fingerprint density at radius 1 is 0.778 bits per heavy atom. The number of rotatable bonds is 7. The number of imidazole rings is 1. The molecule has 0 saturated heterocycles. The van der Waals surface area contributed by atoms with Crippen molar-refractivity contribution in [2.75, 3.05) is 4.72 Å². The number of hydrogen-bond donors (Lipinski definition) is 1. The Kier molecular flexibility index (Phi) is 6.22. The van der Waals surface area contributed by atoms with Gasteiger partial charge in [-0.25, -0.2) is 13.4 Å². The van der Waals surface area contributed by atoms with Crippen molar-refractivity contribution < 1.29 is 13.2 Å². The Hall–Kier alpha value is -4.50. The fourth-order valence-corrected chi connectivity index (χ4v) is 4.67. The van der Waals surface area contributed by atoms with Gasteiger partial charge in [0.25, 0.3) is 10.0 Å². The van der Waals surface area contributed by atoms with Crippen molar-refractivity contribution in [3.63, 3.8) is 0 Å². The van der Waals surface area contributed by atoms with Crippen LogP contribution in [0, 0.1) is 13.8 Å². The molecule has 36 heavy (non-hydrogen) atoms. The van der Waals surface area contributed by atoms with Crippen LogP contribution >= 0.6 is 0 Å². The SMILES string of the molecule is Cc1ncn(-c2ccc(Oc3ccc(NS(=O)(=O)c4ccc(-c5ccccc5)cc4)cc3)nn2)c1C. The van der Waals surface area contributed by atoms with Gasteiger partial charge in [-0.05, 0) is 67.4 Å². The molecule has 0 amide bonds. The topological polar surface area (TPSA) is 99.0 Å². The number of sulfonamides is 1. The maximum absolute atomic E-state index is 12.8. The van der Waals surface area contributed by atoms with E-state index in [1.54, 1.807) is 67.0 Å². The summed E-state index contributed by atoms with van der Waals surface area (Å²) < 4.78 is 35.9. The van der Waals surface area contributed by atoms with Gasteiger partial charge in [-0.3, -0.25) is 9.29 Å². The van der Waals surface area contributed by atoms with Crippen LogP contribution in [0.25, 0.3) is 16.9 Å². The second kappa shape index (κ2) is 9.63. The van der Waals surface area contributed by atoms with Gasteiger partial charge in [0.1, 0.15) is 12.1 Å². The Morgan fingerprint density at radius 2 is 1.47 bits per heavy atom. The first-order valence-corrected chi connectivity index (χ1v) is 12.7. The molecule has 0 radical (unpaired) electrons. The van der Waals surface area contributed by atoms with Gasteiger partial charge in [-0.1, -0.05) is 42.5 Å². The van der Waals surface area contributed by atoms with Gasteiger partial charge < -0.3 is 4.74 Å². The molecule has 2 aromatic heterocycles. The van der Waals surface area contributed by atoms with Gasteiger partial charge in [0, 0.05) is 17.4 Å². The first-order valence-electron chi connectivity index (χ1n) is 11.2. The number of aryl methyl sites for hydroxylation is 1. The van der Waals surface area contributed by atoms with Gasteiger partial charge in [0.15, 0.2) is 5.82 Å². The van der Waals surface area contributed by atoms with Gasteiger partial charge >= 0.3 is 0 Å². The lowest BCUT2D eigenvalue weighted by Crippen LogP contribution is -2.12. The Morgan fingerprint density at radius 3 is 2.08 bits per heavy atom. The van der Waals surface area contributed by atoms with E-state index in [4.69, 9.17) is 4.74 Å². The van der Waals surface area contributed by atoms with Crippen molar-refractivity contribution in [3.8, 4) is 28.6 Å². The summed E-state index contributed by atoms with van der Waals surface area (Å²) in [5, 5.41) is 8.32. The molecule has 0 aliphatic carbocycles. The number of anilines is 1. The second-order valence-electron chi connectivity index (χ2n) is 8.14. The Bertz CT molecular complexity index is 1580. The molecular formula is C27H23N5O3S. The Labute approximate surface area is 209 Å². The molecule has 0 aliphatic heterocycles. The molecule has 0 fully saturated rings. The minimum absolute atomic E-state index is 0.182. The van der Waals surface area contributed by atoms with Crippen molar-refractivity contribution >= 4 is 15.7 Å². The fourth-order valence-electron chi connectivity index (χ4n) is 3.61. The average Bonchev–Trinajstić information content (AvgIpc) is 3.24. The van der Waals surface area contributed by atoms with E-state index in [1.807, 2.05) is 48.7 Å². The van der Waals surface area contributed by atoms with Crippen molar-refractivity contribution in [1.29, 1.82) is 0 Å². The summed E-state index contributed by atoms with van der Waals surface area (Å²) in [6.45, 7) is 3.89. The highest BCUT2D eigenvalue weighted by Gasteiger charge is 2.14. The van der Waals surface area contributed by atoms with Crippen LogP contribution in [0.5, 0.6) is 11.6 Å². The molecule has 5 aromatic rings. The fraction of sp³-hybridized carbons (Fsp3) is 0.0741. The van der Waals surface area contributed by atoms with Gasteiger partial charge in [0.05, 0.1) is 10.6 Å². The van der Waals surface area contributed by atoms with Gasteiger partial charge in [-0.2, -0.15) is 0 Å². The number of nitrogens with one attached hydrogen (secondary N) is 1. The van der Waals surface area contributed by atoms with Crippen LogP contribution in [-0.2, 0) is 10.0 Å². The van der Waals surface area contributed by atoms with E-state index in [1.165, 1.54) is 0 Å². The lowest BCUT2D eigenvalue weighted by molar-refractivity contribution is 0.454. The van der Waals surface area contributed by atoms with E-state index >= 15 is 0 Å². The summed E-state index contributed by atoms with van der Waals surface area (Å²) in [7, 11) is -3.74. The van der Waals surface area contributed by atoms with Crippen LogP contribution < -0.4 is 9.46 Å². The van der Waals surface area contributed by atoms with Crippen molar-refractivity contribution in [2.24, 2.45) is 0 Å². The Balaban J connectivity index is 1.24. The molecule has 0 atom stereocenters. The van der Waals surface area contributed by atoms with Gasteiger partial charge in [-0.15, -0.1) is 10.2 Å². The number of nitrogens with zero attached hydrogens (tertiary/aromatic N) is 4. The monoisotopic (exact) mass is 497 g/mol. The van der Waals surface area contributed by atoms with E-state index in [-0.39, 0.29) is 4.90 Å². The highest BCUT2D eigenvalue weighted by Crippen LogP contribution is 2.25. The van der Waals surface area contributed by atoms with Crippen molar-refractivity contribution in [1.82, 2.24) is 19.7 Å². The van der Waals surface area contributed by atoms with E-state index < -0.39 is 10.0 Å². The summed E-state index contributed by atoms with van der Waals surface area (Å²) in [6.07, 6.45) is 1.70. The third-order valence-corrected chi connectivity index (χ3v) is 7.12. The number of hydrogen-bond acceptors (Lipinski definition) is 6. The zero-order valence-corrected chi connectivity index (χ0v) is 20.5. The summed E-state index contributed by atoms with van der Waals surface area (Å²) >= 11 is 0. The third kappa shape index (κ3) is 4.96. The molecule has 1 N–H and O–H groups in total. The summed E-state index contributed by atoms with van der Waals surface area (Å²) in [5.74, 6) is 1.46. The highest BCUT2D eigenvalue weighted by molar-refractivity contribution is 7.92. The maximum Gasteiger partial charge on any atom is 0.261 e. The quantitative estimate of drug-likeness (QED) is 0.317. The summed E-state index contributed by atoms with van der Waals surface area (Å²) in [4.78, 5) is 4.45. The van der Waals surface area contributed by atoms with E-state index in [9.17, 15) is 8.42 Å². The smallest absolute Gasteiger partial charge is 0.261 e. The second-order valence-corrected chi connectivity index (χ2v) is 9.82. The molecule has 8 nitrogen and oxygen atoms in total. The minimum Gasteiger partial charge on any atom is -0.438 e. The van der Waals surface area contributed by atoms with Crippen LogP contribution in [0.4, 0.5) is 5.69 Å². The maximum atomic E-state index is 12.8. The van der Waals surface area contributed by atoms with Crippen LogP contribution in [0.1, 0.15) is 11.4 Å². The molecule has 180 valence electrons. The third-order valence-electron chi connectivity index (χ3n) is 5.73. The number of aromatic nitrogens is 4. The van der Waals surface area contributed by atoms with Crippen molar-refractivity contribution in [3.05, 3.63) is 109 Å². The number of ether oxygens (including phenoxy) is 1. The predicted octanol–water partition coefficient (Wildman–Crippen LogP) is 5.54. The minimum atomic E-state index is -3.74. The molecular weight excluding hydrogens is 474 g/mol. The molecule has 0 aliphatic rings. The number of benzene rings is 3. The molecule has 0 bridgehead atoms.